The SMILES string of the molecule is Cc1cc(-c2[nH]c3ccc(N4CCC(N5CCN(C(C)(C)C)CC5)C4=O)cc3c2C(C)C)cc(C)n1. The van der Waals surface area contributed by atoms with Gasteiger partial charge in [0.15, 0.2) is 0 Å². The number of anilines is 1. The fourth-order valence-electron chi connectivity index (χ4n) is 6.14. The number of nitrogens with zero attached hydrogens (tertiary/aromatic N) is 4. The number of nitrogens with one attached hydrogen (secondary N) is 1. The second-order valence-corrected chi connectivity index (χ2v) is 11.9. The number of carbonyl (C=O) groups excluding carboxylic acids is 1. The molecule has 0 saturated carbocycles. The highest BCUT2D eigenvalue weighted by Gasteiger charge is 2.39. The fraction of sp³-hybridized carbons (Fsp3) is 0.533. The topological polar surface area (TPSA) is 55.5 Å². The van der Waals surface area contributed by atoms with Gasteiger partial charge in [0.25, 0.3) is 0 Å². The van der Waals surface area contributed by atoms with Crippen molar-refractivity contribution in [1.29, 1.82) is 0 Å². The van der Waals surface area contributed by atoms with Crippen LogP contribution in [0.4, 0.5) is 5.69 Å². The number of aryl methyl sites for hydroxylation is 2. The Morgan fingerprint density at radius 2 is 1.64 bits per heavy atom. The lowest BCUT2D eigenvalue weighted by Gasteiger charge is -2.43. The summed E-state index contributed by atoms with van der Waals surface area (Å²) in [6.45, 7) is 20.2. The summed E-state index contributed by atoms with van der Waals surface area (Å²) >= 11 is 0. The van der Waals surface area contributed by atoms with E-state index in [0.29, 0.717) is 5.92 Å². The van der Waals surface area contributed by atoms with Crippen LogP contribution in [0.3, 0.4) is 0 Å². The van der Waals surface area contributed by atoms with E-state index in [-0.39, 0.29) is 17.5 Å². The molecule has 0 spiro atoms. The van der Waals surface area contributed by atoms with Crippen LogP contribution in [-0.4, -0.2) is 70.0 Å². The number of hydrogen-bond acceptors (Lipinski definition) is 4. The van der Waals surface area contributed by atoms with Crippen molar-refractivity contribution in [2.24, 2.45) is 0 Å². The van der Waals surface area contributed by atoms with Gasteiger partial charge in [-0.2, -0.15) is 0 Å². The zero-order chi connectivity index (χ0) is 25.8. The molecule has 0 radical (unpaired) electrons. The van der Waals surface area contributed by atoms with Crippen LogP contribution >= 0.6 is 0 Å². The maximum Gasteiger partial charge on any atom is 0.244 e. The van der Waals surface area contributed by atoms with Gasteiger partial charge in [-0.3, -0.25) is 19.6 Å². The van der Waals surface area contributed by atoms with E-state index in [4.69, 9.17) is 0 Å². The monoisotopic (exact) mass is 487 g/mol. The van der Waals surface area contributed by atoms with Gasteiger partial charge in [-0.05, 0) is 82.9 Å². The van der Waals surface area contributed by atoms with Crippen molar-refractivity contribution in [2.75, 3.05) is 37.6 Å². The Kier molecular flexibility index (Phi) is 6.46. The molecule has 36 heavy (non-hydrogen) atoms. The number of aromatic amines is 1. The largest absolute Gasteiger partial charge is 0.354 e. The first-order valence-electron chi connectivity index (χ1n) is 13.4. The molecule has 6 heteroatoms. The van der Waals surface area contributed by atoms with Gasteiger partial charge < -0.3 is 9.88 Å². The molecule has 6 nitrogen and oxygen atoms in total. The molecule has 2 aromatic heterocycles. The second kappa shape index (κ2) is 9.31. The number of pyridine rings is 1. The number of piperazine rings is 1. The van der Waals surface area contributed by atoms with Crippen LogP contribution in [0.25, 0.3) is 22.2 Å². The van der Waals surface area contributed by atoms with Gasteiger partial charge in [0.2, 0.25) is 5.91 Å². The molecule has 2 aliphatic heterocycles. The second-order valence-electron chi connectivity index (χ2n) is 11.9. The average molecular weight is 488 g/mol. The standard InChI is InChI=1S/C30H41N5O/c1-19(2)27-24-18-23(8-9-25(24)32-28(27)22-16-20(3)31-21(4)17-22)35-11-10-26(29(35)36)33-12-14-34(15-13-33)30(5,6)7/h8-9,16-19,26,32H,10-15H2,1-7H3. The number of amides is 1. The molecule has 192 valence electrons. The number of benzene rings is 1. The molecule has 1 aromatic carbocycles. The predicted octanol–water partition coefficient (Wildman–Crippen LogP) is 5.49. The average Bonchev–Trinajstić information content (AvgIpc) is 3.38. The number of rotatable bonds is 4. The van der Waals surface area contributed by atoms with Crippen molar-refractivity contribution >= 4 is 22.5 Å². The number of H-pyrrole nitrogens is 1. The summed E-state index contributed by atoms with van der Waals surface area (Å²) in [6.07, 6.45) is 0.900. The molecule has 1 N–H and O–H groups in total. The zero-order valence-electron chi connectivity index (χ0n) is 23.0. The van der Waals surface area contributed by atoms with Crippen molar-refractivity contribution < 1.29 is 4.79 Å². The summed E-state index contributed by atoms with van der Waals surface area (Å²) in [7, 11) is 0. The van der Waals surface area contributed by atoms with Gasteiger partial charge in [-0.25, -0.2) is 0 Å². The molecule has 1 unspecified atom stereocenters. The van der Waals surface area contributed by atoms with Gasteiger partial charge >= 0.3 is 0 Å². The van der Waals surface area contributed by atoms with Crippen LogP contribution in [0.2, 0.25) is 0 Å². The first-order chi connectivity index (χ1) is 17.0. The normalized spacial score (nSPS) is 20.3. The molecule has 0 aliphatic carbocycles. The minimum atomic E-state index is -0.00283. The first-order valence-corrected chi connectivity index (χ1v) is 13.4. The molecule has 2 saturated heterocycles. The summed E-state index contributed by atoms with van der Waals surface area (Å²) in [6, 6.07) is 10.8. The van der Waals surface area contributed by atoms with Gasteiger partial charge in [-0.1, -0.05) is 13.8 Å². The lowest BCUT2D eigenvalue weighted by atomic mass is 9.95. The zero-order valence-corrected chi connectivity index (χ0v) is 23.0. The van der Waals surface area contributed by atoms with Gasteiger partial charge in [-0.15, -0.1) is 0 Å². The molecule has 2 aliphatic rings. The Labute approximate surface area is 215 Å². The molecular formula is C30H41N5O. The van der Waals surface area contributed by atoms with Crippen LogP contribution in [-0.2, 0) is 4.79 Å². The summed E-state index contributed by atoms with van der Waals surface area (Å²) in [5.74, 6) is 0.597. The van der Waals surface area contributed by atoms with Crippen molar-refractivity contribution in [3.05, 3.63) is 47.3 Å². The number of hydrogen-bond donors (Lipinski definition) is 1. The van der Waals surface area contributed by atoms with Gasteiger partial charge in [0.05, 0.1) is 11.7 Å². The van der Waals surface area contributed by atoms with Crippen molar-refractivity contribution in [2.45, 2.75) is 72.4 Å². The maximum absolute atomic E-state index is 13.6. The van der Waals surface area contributed by atoms with Crippen LogP contribution in [0.5, 0.6) is 0 Å². The Morgan fingerprint density at radius 1 is 0.972 bits per heavy atom. The maximum atomic E-state index is 13.6. The predicted molar refractivity (Wildman–Crippen MR) is 149 cm³/mol. The lowest BCUT2D eigenvalue weighted by molar-refractivity contribution is -0.122. The highest BCUT2D eigenvalue weighted by Crippen LogP contribution is 2.38. The smallest absolute Gasteiger partial charge is 0.244 e. The third-order valence-electron chi connectivity index (χ3n) is 7.96. The van der Waals surface area contributed by atoms with Crippen LogP contribution in [0.15, 0.2) is 30.3 Å². The van der Waals surface area contributed by atoms with Crippen molar-refractivity contribution in [1.82, 2.24) is 19.8 Å². The Hall–Kier alpha value is -2.70. The molecule has 0 bridgehead atoms. The summed E-state index contributed by atoms with van der Waals surface area (Å²) in [5, 5.41) is 1.21. The van der Waals surface area contributed by atoms with Crippen LogP contribution in [0.1, 0.15) is 63.9 Å². The van der Waals surface area contributed by atoms with E-state index in [9.17, 15) is 4.79 Å². The van der Waals surface area contributed by atoms with Gasteiger partial charge in [0, 0.05) is 71.8 Å². The fourth-order valence-corrected chi connectivity index (χ4v) is 6.14. The first kappa shape index (κ1) is 25.0. The molecule has 3 aromatic rings. The molecular weight excluding hydrogens is 446 g/mol. The molecule has 1 atom stereocenters. The Morgan fingerprint density at radius 3 is 2.25 bits per heavy atom. The number of aromatic nitrogens is 2. The van der Waals surface area contributed by atoms with E-state index in [1.807, 2.05) is 18.7 Å². The Bertz CT molecular complexity index is 1260. The van der Waals surface area contributed by atoms with E-state index in [2.05, 4.69) is 84.7 Å². The summed E-state index contributed by atoms with van der Waals surface area (Å²) in [5.41, 5.74) is 8.00. The summed E-state index contributed by atoms with van der Waals surface area (Å²) in [4.78, 5) is 28.8. The molecule has 5 rings (SSSR count). The summed E-state index contributed by atoms with van der Waals surface area (Å²) < 4.78 is 0. The third-order valence-corrected chi connectivity index (χ3v) is 7.96. The van der Waals surface area contributed by atoms with E-state index in [1.165, 1.54) is 16.5 Å². The van der Waals surface area contributed by atoms with Crippen LogP contribution < -0.4 is 4.90 Å². The van der Waals surface area contributed by atoms with E-state index in [0.717, 1.165) is 67.4 Å². The highest BCUT2D eigenvalue weighted by molar-refractivity contribution is 6.02. The van der Waals surface area contributed by atoms with Gasteiger partial charge in [0.1, 0.15) is 0 Å². The number of carbonyl (C=O) groups is 1. The van der Waals surface area contributed by atoms with Crippen LogP contribution in [0, 0.1) is 13.8 Å². The molecule has 1 amide bonds. The molecule has 2 fully saturated rings. The van der Waals surface area contributed by atoms with Crippen molar-refractivity contribution in [3.63, 3.8) is 0 Å². The van der Waals surface area contributed by atoms with E-state index in [1.54, 1.807) is 0 Å². The highest BCUT2D eigenvalue weighted by atomic mass is 16.2. The van der Waals surface area contributed by atoms with E-state index < -0.39 is 0 Å². The van der Waals surface area contributed by atoms with E-state index >= 15 is 0 Å². The number of fused-ring (bicyclic) bond motifs is 1. The lowest BCUT2D eigenvalue weighted by Crippen LogP contribution is -2.56. The molecule has 4 heterocycles. The minimum absolute atomic E-state index is 0.00283. The quantitative estimate of drug-likeness (QED) is 0.529. The van der Waals surface area contributed by atoms with Crippen molar-refractivity contribution in [3.8, 4) is 11.3 Å². The Balaban J connectivity index is 1.42. The minimum Gasteiger partial charge on any atom is -0.354 e. The third kappa shape index (κ3) is 4.57.